The molecule has 0 bridgehead atoms. The van der Waals surface area contributed by atoms with Crippen LogP contribution in [0.4, 0.5) is 0 Å². The summed E-state index contributed by atoms with van der Waals surface area (Å²) in [5.74, 6) is 0. The zero-order chi connectivity index (χ0) is 14.6. The maximum atomic E-state index is 12.7. The van der Waals surface area contributed by atoms with Crippen molar-refractivity contribution in [3.05, 3.63) is 51.1 Å². The Bertz CT molecular complexity index is 636. The lowest BCUT2D eigenvalue weighted by Gasteiger charge is -2.21. The van der Waals surface area contributed by atoms with Gasteiger partial charge in [-0.3, -0.25) is 0 Å². The van der Waals surface area contributed by atoms with Crippen molar-refractivity contribution in [3.8, 4) is 0 Å². The van der Waals surface area contributed by atoms with Crippen LogP contribution in [-0.2, 0) is 16.6 Å². The second-order valence-electron chi connectivity index (χ2n) is 4.37. The molecule has 0 aliphatic rings. The van der Waals surface area contributed by atoms with E-state index in [2.05, 4.69) is 15.9 Å². The molecule has 2 rings (SSSR count). The number of benzene rings is 1. The van der Waals surface area contributed by atoms with Crippen LogP contribution in [0.3, 0.4) is 0 Å². The first kappa shape index (κ1) is 15.7. The van der Waals surface area contributed by atoms with E-state index in [1.165, 1.54) is 0 Å². The zero-order valence-corrected chi connectivity index (χ0v) is 14.3. The fraction of sp³-hybridized carbons (Fsp3) is 0.286. The number of hydrogen-bond donors (Lipinski definition) is 0. The minimum Gasteiger partial charge on any atom is -0.207 e. The monoisotopic (exact) mass is 373 g/mol. The Labute approximate surface area is 132 Å². The summed E-state index contributed by atoms with van der Waals surface area (Å²) in [6, 6.07) is 10.7. The van der Waals surface area contributed by atoms with Crippen LogP contribution in [0.25, 0.3) is 0 Å². The summed E-state index contributed by atoms with van der Waals surface area (Å²) in [5.41, 5.74) is 0. The van der Waals surface area contributed by atoms with Gasteiger partial charge in [0.15, 0.2) is 0 Å². The molecule has 20 heavy (non-hydrogen) atoms. The normalized spacial score (nSPS) is 11.9. The molecule has 0 aliphatic heterocycles. The van der Waals surface area contributed by atoms with Crippen LogP contribution in [0.15, 0.2) is 51.1 Å². The molecule has 0 spiro atoms. The molecule has 6 heteroatoms. The molecule has 0 fully saturated rings. The fourth-order valence-corrected chi connectivity index (χ4v) is 4.44. The lowest BCUT2D eigenvalue weighted by molar-refractivity contribution is 0.408. The Hall–Kier alpha value is -0.690. The van der Waals surface area contributed by atoms with E-state index in [1.807, 2.05) is 24.4 Å². The number of thiophene rings is 1. The van der Waals surface area contributed by atoms with Gasteiger partial charge in [0.1, 0.15) is 0 Å². The third kappa shape index (κ3) is 3.69. The second-order valence-corrected chi connectivity index (χ2v) is 8.26. The van der Waals surface area contributed by atoms with Crippen molar-refractivity contribution in [1.29, 1.82) is 0 Å². The molecule has 0 radical (unpaired) electrons. The maximum absolute atomic E-state index is 12.7. The standard InChI is InChI=1S/C14H16BrNO2S2/c1-2-9-16(11-13-4-3-10-19-13)20(17,18)14-7-5-12(15)6-8-14/h3-8,10H,2,9,11H2,1H3. The highest BCUT2D eigenvalue weighted by molar-refractivity contribution is 9.10. The number of hydrogen-bond acceptors (Lipinski definition) is 3. The van der Waals surface area contributed by atoms with Gasteiger partial charge in [0.2, 0.25) is 10.0 Å². The predicted molar refractivity (Wildman–Crippen MR) is 86.3 cm³/mol. The van der Waals surface area contributed by atoms with E-state index in [0.717, 1.165) is 15.8 Å². The molecular formula is C14H16BrNO2S2. The zero-order valence-electron chi connectivity index (χ0n) is 11.1. The third-order valence-electron chi connectivity index (χ3n) is 2.84. The highest BCUT2D eigenvalue weighted by atomic mass is 79.9. The quantitative estimate of drug-likeness (QED) is 0.763. The molecule has 0 saturated heterocycles. The van der Waals surface area contributed by atoms with Crippen molar-refractivity contribution in [3.63, 3.8) is 0 Å². The van der Waals surface area contributed by atoms with E-state index < -0.39 is 10.0 Å². The van der Waals surface area contributed by atoms with E-state index in [9.17, 15) is 8.42 Å². The van der Waals surface area contributed by atoms with E-state index >= 15 is 0 Å². The lowest BCUT2D eigenvalue weighted by Crippen LogP contribution is -2.31. The maximum Gasteiger partial charge on any atom is 0.243 e. The van der Waals surface area contributed by atoms with Gasteiger partial charge in [0.25, 0.3) is 0 Å². The van der Waals surface area contributed by atoms with Gasteiger partial charge < -0.3 is 0 Å². The van der Waals surface area contributed by atoms with Crippen LogP contribution in [0, 0.1) is 0 Å². The summed E-state index contributed by atoms with van der Waals surface area (Å²) in [7, 11) is -3.44. The molecule has 2 aromatic rings. The first-order valence-electron chi connectivity index (χ1n) is 6.32. The second kappa shape index (κ2) is 6.85. The van der Waals surface area contributed by atoms with Crippen LogP contribution in [0.2, 0.25) is 0 Å². The molecule has 0 saturated carbocycles. The average Bonchev–Trinajstić information content (AvgIpc) is 2.92. The van der Waals surface area contributed by atoms with E-state index in [-0.39, 0.29) is 0 Å². The van der Waals surface area contributed by atoms with Crippen LogP contribution in [-0.4, -0.2) is 19.3 Å². The Morgan fingerprint density at radius 2 is 1.90 bits per heavy atom. The van der Waals surface area contributed by atoms with Gasteiger partial charge >= 0.3 is 0 Å². The van der Waals surface area contributed by atoms with Crippen molar-refractivity contribution >= 4 is 37.3 Å². The molecule has 0 unspecified atom stereocenters. The first-order chi connectivity index (χ1) is 9.54. The topological polar surface area (TPSA) is 37.4 Å². The van der Waals surface area contributed by atoms with E-state index in [0.29, 0.717) is 18.0 Å². The smallest absolute Gasteiger partial charge is 0.207 e. The number of sulfonamides is 1. The van der Waals surface area contributed by atoms with E-state index in [4.69, 9.17) is 0 Å². The van der Waals surface area contributed by atoms with Gasteiger partial charge in [-0.25, -0.2) is 8.42 Å². The van der Waals surface area contributed by atoms with Crippen molar-refractivity contribution in [1.82, 2.24) is 4.31 Å². The third-order valence-corrected chi connectivity index (χ3v) is 6.09. The van der Waals surface area contributed by atoms with Crippen molar-refractivity contribution in [2.45, 2.75) is 24.8 Å². The summed E-state index contributed by atoms with van der Waals surface area (Å²) in [4.78, 5) is 1.39. The first-order valence-corrected chi connectivity index (χ1v) is 9.43. The molecule has 1 aromatic heterocycles. The predicted octanol–water partition coefficient (Wildman–Crippen LogP) is 4.11. The number of nitrogens with zero attached hydrogens (tertiary/aromatic N) is 1. The average molecular weight is 374 g/mol. The van der Waals surface area contributed by atoms with Gasteiger partial charge in [-0.05, 0) is 42.1 Å². The Balaban J connectivity index is 2.29. The lowest BCUT2D eigenvalue weighted by atomic mass is 10.4. The largest absolute Gasteiger partial charge is 0.243 e. The number of rotatable bonds is 6. The highest BCUT2D eigenvalue weighted by Gasteiger charge is 2.24. The summed E-state index contributed by atoms with van der Waals surface area (Å²) in [6.45, 7) is 2.94. The number of halogens is 1. The minimum atomic E-state index is -3.44. The van der Waals surface area contributed by atoms with Gasteiger partial charge in [0.05, 0.1) is 4.90 Å². The van der Waals surface area contributed by atoms with Crippen LogP contribution >= 0.6 is 27.3 Å². The fourth-order valence-electron chi connectivity index (χ4n) is 1.87. The molecule has 108 valence electrons. The van der Waals surface area contributed by atoms with Gasteiger partial charge in [-0.15, -0.1) is 11.3 Å². The summed E-state index contributed by atoms with van der Waals surface area (Å²) in [5, 5.41) is 1.96. The molecule has 0 atom stereocenters. The molecule has 0 amide bonds. The summed E-state index contributed by atoms with van der Waals surface area (Å²) < 4.78 is 27.8. The molecule has 0 N–H and O–H groups in total. The SMILES string of the molecule is CCCN(Cc1cccs1)S(=O)(=O)c1ccc(Br)cc1. The molecule has 1 aromatic carbocycles. The molecule has 0 aliphatic carbocycles. The highest BCUT2D eigenvalue weighted by Crippen LogP contribution is 2.22. The van der Waals surface area contributed by atoms with Crippen LogP contribution < -0.4 is 0 Å². The van der Waals surface area contributed by atoms with Gasteiger partial charge in [-0.2, -0.15) is 4.31 Å². The van der Waals surface area contributed by atoms with Crippen molar-refractivity contribution in [2.75, 3.05) is 6.54 Å². The minimum absolute atomic E-state index is 0.339. The van der Waals surface area contributed by atoms with Crippen LogP contribution in [0.5, 0.6) is 0 Å². The van der Waals surface area contributed by atoms with Crippen molar-refractivity contribution in [2.24, 2.45) is 0 Å². The molecule has 1 heterocycles. The summed E-state index contributed by atoms with van der Waals surface area (Å²) in [6.07, 6.45) is 0.793. The molecular weight excluding hydrogens is 358 g/mol. The Morgan fingerprint density at radius 1 is 1.20 bits per heavy atom. The van der Waals surface area contributed by atoms with E-state index in [1.54, 1.807) is 39.9 Å². The molecule has 3 nitrogen and oxygen atoms in total. The summed E-state index contributed by atoms with van der Waals surface area (Å²) >= 11 is 4.90. The van der Waals surface area contributed by atoms with Crippen LogP contribution in [0.1, 0.15) is 18.2 Å². The Morgan fingerprint density at radius 3 is 2.45 bits per heavy atom. The Kier molecular flexibility index (Phi) is 5.37. The van der Waals surface area contributed by atoms with Crippen molar-refractivity contribution < 1.29 is 8.42 Å². The van der Waals surface area contributed by atoms with Gasteiger partial charge in [0, 0.05) is 22.4 Å². The van der Waals surface area contributed by atoms with Gasteiger partial charge in [-0.1, -0.05) is 28.9 Å².